The normalized spacial score (nSPS) is 45.6. The van der Waals surface area contributed by atoms with Gasteiger partial charge in [-0.15, -0.1) is 12.4 Å². The summed E-state index contributed by atoms with van der Waals surface area (Å²) < 4.78 is 0. The van der Waals surface area contributed by atoms with Crippen molar-refractivity contribution in [1.29, 1.82) is 0 Å². The van der Waals surface area contributed by atoms with Crippen LogP contribution < -0.4 is 5.73 Å². The summed E-state index contributed by atoms with van der Waals surface area (Å²) in [5.41, 5.74) is 5.85. The average molecular weight is 245 g/mol. The number of fused-ring (bicyclic) bond motifs is 2. The van der Waals surface area contributed by atoms with Crippen LogP contribution in [-0.4, -0.2) is 30.6 Å². The summed E-state index contributed by atoms with van der Waals surface area (Å²) in [4.78, 5) is 2.59. The van der Waals surface area contributed by atoms with Crippen LogP contribution in [0.15, 0.2) is 0 Å². The van der Waals surface area contributed by atoms with Gasteiger partial charge in [0.1, 0.15) is 0 Å². The standard InChI is InChI=1S/C13H24N2.ClH/c1-15(13-6-12(14)7-13)8-11-5-9-2-3-10(11)4-9;/h9-13H,2-8,14H2,1H3;1H. The summed E-state index contributed by atoms with van der Waals surface area (Å²) in [5.74, 6) is 3.19. The second-order valence-corrected chi connectivity index (χ2v) is 6.26. The molecule has 0 saturated heterocycles. The van der Waals surface area contributed by atoms with E-state index in [4.69, 9.17) is 5.73 Å². The van der Waals surface area contributed by atoms with E-state index in [1.807, 2.05) is 0 Å². The van der Waals surface area contributed by atoms with E-state index >= 15 is 0 Å². The Morgan fingerprint density at radius 3 is 2.38 bits per heavy atom. The maximum Gasteiger partial charge on any atom is 0.0122 e. The summed E-state index contributed by atoms with van der Waals surface area (Å²) >= 11 is 0. The zero-order valence-corrected chi connectivity index (χ0v) is 11.1. The fraction of sp³-hybridized carbons (Fsp3) is 1.00. The maximum atomic E-state index is 5.85. The molecule has 0 aliphatic heterocycles. The van der Waals surface area contributed by atoms with Crippen LogP contribution in [0.5, 0.6) is 0 Å². The predicted octanol–water partition coefficient (Wildman–Crippen LogP) is 2.27. The van der Waals surface area contributed by atoms with Crippen LogP contribution in [0.4, 0.5) is 0 Å². The van der Waals surface area contributed by atoms with Gasteiger partial charge in [0.2, 0.25) is 0 Å². The highest BCUT2D eigenvalue weighted by Crippen LogP contribution is 2.48. The summed E-state index contributed by atoms with van der Waals surface area (Å²) in [6.07, 6.45) is 8.58. The molecular formula is C13H25ClN2. The van der Waals surface area contributed by atoms with E-state index in [0.29, 0.717) is 6.04 Å². The first-order chi connectivity index (χ1) is 7.22. The third-order valence-corrected chi connectivity index (χ3v) is 5.18. The highest BCUT2D eigenvalue weighted by molar-refractivity contribution is 5.85. The fourth-order valence-electron chi connectivity index (χ4n) is 4.11. The van der Waals surface area contributed by atoms with E-state index < -0.39 is 0 Å². The van der Waals surface area contributed by atoms with E-state index in [1.54, 1.807) is 6.42 Å². The maximum absolute atomic E-state index is 5.85. The first kappa shape index (κ1) is 12.7. The molecule has 94 valence electrons. The van der Waals surface area contributed by atoms with Gasteiger partial charge < -0.3 is 10.6 Å². The predicted molar refractivity (Wildman–Crippen MR) is 69.8 cm³/mol. The number of nitrogens with two attached hydrogens (primary N) is 1. The van der Waals surface area contributed by atoms with Gasteiger partial charge in [-0.25, -0.2) is 0 Å². The summed E-state index contributed by atoms with van der Waals surface area (Å²) in [5, 5.41) is 0. The van der Waals surface area contributed by atoms with E-state index in [-0.39, 0.29) is 12.4 Å². The quantitative estimate of drug-likeness (QED) is 0.825. The lowest BCUT2D eigenvalue weighted by atomic mass is 9.84. The minimum atomic E-state index is 0. The minimum Gasteiger partial charge on any atom is -0.328 e. The Hall–Kier alpha value is 0.210. The van der Waals surface area contributed by atoms with Gasteiger partial charge in [-0.3, -0.25) is 0 Å². The van der Waals surface area contributed by atoms with Crippen molar-refractivity contribution in [1.82, 2.24) is 4.90 Å². The van der Waals surface area contributed by atoms with Crippen LogP contribution in [0.25, 0.3) is 0 Å². The van der Waals surface area contributed by atoms with Crippen molar-refractivity contribution in [3.05, 3.63) is 0 Å². The molecule has 3 aliphatic carbocycles. The van der Waals surface area contributed by atoms with Crippen molar-refractivity contribution in [3.8, 4) is 0 Å². The lowest BCUT2D eigenvalue weighted by Crippen LogP contribution is -2.50. The van der Waals surface area contributed by atoms with Gasteiger partial charge >= 0.3 is 0 Å². The Kier molecular flexibility index (Phi) is 3.82. The molecule has 0 aromatic carbocycles. The number of halogens is 1. The molecule has 0 amide bonds. The SMILES string of the molecule is CN(CC1CC2CCC1C2)C1CC(N)C1.Cl. The van der Waals surface area contributed by atoms with Crippen molar-refractivity contribution < 1.29 is 0 Å². The van der Waals surface area contributed by atoms with Gasteiger partial charge in [-0.1, -0.05) is 6.42 Å². The van der Waals surface area contributed by atoms with E-state index in [0.717, 1.165) is 23.8 Å². The van der Waals surface area contributed by atoms with Crippen molar-refractivity contribution in [2.24, 2.45) is 23.5 Å². The Bertz CT molecular complexity index is 240. The molecule has 3 unspecified atom stereocenters. The van der Waals surface area contributed by atoms with Gasteiger partial charge in [0, 0.05) is 18.6 Å². The zero-order chi connectivity index (χ0) is 10.4. The molecule has 2 bridgehead atoms. The number of rotatable bonds is 3. The molecule has 2 N–H and O–H groups in total. The summed E-state index contributed by atoms with van der Waals surface area (Å²) in [6.45, 7) is 1.35. The largest absolute Gasteiger partial charge is 0.328 e. The van der Waals surface area contributed by atoms with Crippen molar-refractivity contribution in [2.75, 3.05) is 13.6 Å². The number of hydrogen-bond acceptors (Lipinski definition) is 2. The summed E-state index contributed by atoms with van der Waals surface area (Å²) in [7, 11) is 2.31. The smallest absolute Gasteiger partial charge is 0.0122 e. The lowest BCUT2D eigenvalue weighted by Gasteiger charge is -2.41. The molecule has 3 fully saturated rings. The molecule has 3 atom stereocenters. The molecule has 0 aromatic heterocycles. The van der Waals surface area contributed by atoms with Crippen LogP contribution in [0.1, 0.15) is 38.5 Å². The molecule has 3 aliphatic rings. The highest BCUT2D eigenvalue weighted by atomic mass is 35.5. The fourth-order valence-corrected chi connectivity index (χ4v) is 4.11. The molecule has 0 heterocycles. The Labute approximate surface area is 105 Å². The molecule has 3 rings (SSSR count). The second-order valence-electron chi connectivity index (χ2n) is 6.26. The molecular weight excluding hydrogens is 220 g/mol. The van der Waals surface area contributed by atoms with E-state index in [9.17, 15) is 0 Å². The van der Waals surface area contributed by atoms with Crippen molar-refractivity contribution in [3.63, 3.8) is 0 Å². The summed E-state index contributed by atoms with van der Waals surface area (Å²) in [6, 6.07) is 1.30. The third-order valence-electron chi connectivity index (χ3n) is 5.18. The molecule has 3 heteroatoms. The number of hydrogen-bond donors (Lipinski definition) is 1. The molecule has 2 nitrogen and oxygen atoms in total. The van der Waals surface area contributed by atoms with Crippen molar-refractivity contribution in [2.45, 2.75) is 50.6 Å². The van der Waals surface area contributed by atoms with Crippen LogP contribution in [0, 0.1) is 17.8 Å². The van der Waals surface area contributed by atoms with Crippen LogP contribution in [0.3, 0.4) is 0 Å². The highest BCUT2D eigenvalue weighted by Gasteiger charge is 2.41. The Morgan fingerprint density at radius 2 is 1.88 bits per heavy atom. The van der Waals surface area contributed by atoms with Gasteiger partial charge in [-0.2, -0.15) is 0 Å². The van der Waals surface area contributed by atoms with Crippen LogP contribution in [-0.2, 0) is 0 Å². The average Bonchev–Trinajstić information content (AvgIpc) is 2.73. The monoisotopic (exact) mass is 244 g/mol. The van der Waals surface area contributed by atoms with Gasteiger partial charge in [0.25, 0.3) is 0 Å². The molecule has 0 spiro atoms. The Balaban J connectivity index is 0.000000963. The van der Waals surface area contributed by atoms with Gasteiger partial charge in [0.15, 0.2) is 0 Å². The third kappa shape index (κ3) is 2.25. The number of nitrogens with zero attached hydrogens (tertiary/aromatic N) is 1. The second kappa shape index (κ2) is 4.83. The molecule has 16 heavy (non-hydrogen) atoms. The minimum absolute atomic E-state index is 0. The van der Waals surface area contributed by atoms with Crippen LogP contribution >= 0.6 is 12.4 Å². The van der Waals surface area contributed by atoms with E-state index in [2.05, 4.69) is 11.9 Å². The molecule has 3 saturated carbocycles. The topological polar surface area (TPSA) is 29.3 Å². The molecule has 0 radical (unpaired) electrons. The molecule has 0 aromatic rings. The van der Waals surface area contributed by atoms with Gasteiger partial charge in [0.05, 0.1) is 0 Å². The van der Waals surface area contributed by atoms with Gasteiger partial charge in [-0.05, 0) is 56.9 Å². The Morgan fingerprint density at radius 1 is 1.12 bits per heavy atom. The first-order valence-corrected chi connectivity index (χ1v) is 6.68. The van der Waals surface area contributed by atoms with Crippen LogP contribution in [0.2, 0.25) is 0 Å². The van der Waals surface area contributed by atoms with E-state index in [1.165, 1.54) is 38.6 Å². The first-order valence-electron chi connectivity index (χ1n) is 6.68. The van der Waals surface area contributed by atoms with Crippen molar-refractivity contribution >= 4 is 12.4 Å². The zero-order valence-electron chi connectivity index (χ0n) is 10.3. The lowest BCUT2D eigenvalue weighted by molar-refractivity contribution is 0.106.